The number of benzene rings is 1. The molecule has 0 unspecified atom stereocenters. The second kappa shape index (κ2) is 7.63. The van der Waals surface area contributed by atoms with E-state index in [0.29, 0.717) is 11.4 Å². The molecule has 1 saturated heterocycles. The molecule has 0 amide bonds. The largest absolute Gasteiger partial charge is 0.382 e. The van der Waals surface area contributed by atoms with Crippen molar-refractivity contribution in [1.82, 2.24) is 19.7 Å². The summed E-state index contributed by atoms with van der Waals surface area (Å²) in [4.78, 5) is 4.99. The lowest BCUT2D eigenvalue weighted by Crippen LogP contribution is -2.25. The lowest BCUT2D eigenvalue weighted by Gasteiger charge is -2.26. The van der Waals surface area contributed by atoms with Gasteiger partial charge in [0.25, 0.3) is 0 Å². The molecule has 2 aromatic heterocycles. The van der Waals surface area contributed by atoms with Crippen LogP contribution in [0.15, 0.2) is 40.3 Å². The molecule has 3 aromatic rings. The van der Waals surface area contributed by atoms with Crippen molar-refractivity contribution in [1.29, 1.82) is 0 Å². The molecular formula is C21H27N5O3S. The Balaban J connectivity index is 1.78. The van der Waals surface area contributed by atoms with Crippen LogP contribution in [0.25, 0.3) is 11.0 Å². The minimum absolute atomic E-state index is 0.131. The molecule has 0 bridgehead atoms. The van der Waals surface area contributed by atoms with Gasteiger partial charge < -0.3 is 15.0 Å². The summed E-state index contributed by atoms with van der Waals surface area (Å²) in [5.41, 5.74) is 6.96. The number of hydrogen-bond acceptors (Lipinski definition) is 7. The fourth-order valence-corrected chi connectivity index (χ4v) is 4.97. The van der Waals surface area contributed by atoms with Gasteiger partial charge >= 0.3 is 0 Å². The summed E-state index contributed by atoms with van der Waals surface area (Å²) >= 11 is 0. The molecule has 1 fully saturated rings. The predicted molar refractivity (Wildman–Crippen MR) is 114 cm³/mol. The van der Waals surface area contributed by atoms with E-state index in [2.05, 4.69) is 35.5 Å². The number of nitrogens with zero attached hydrogens (tertiary/aromatic N) is 4. The van der Waals surface area contributed by atoms with E-state index >= 15 is 0 Å². The van der Waals surface area contributed by atoms with Gasteiger partial charge in [-0.3, -0.25) is 0 Å². The average molecular weight is 430 g/mol. The van der Waals surface area contributed by atoms with Crippen LogP contribution in [0.3, 0.4) is 0 Å². The topological polar surface area (TPSA) is 113 Å². The number of imidazole rings is 1. The molecule has 3 heterocycles. The average Bonchev–Trinajstić information content (AvgIpc) is 3.07. The van der Waals surface area contributed by atoms with Crippen molar-refractivity contribution < 1.29 is 13.2 Å². The van der Waals surface area contributed by atoms with Crippen molar-refractivity contribution in [2.24, 2.45) is 5.92 Å². The van der Waals surface area contributed by atoms with Crippen LogP contribution < -0.4 is 5.73 Å². The highest BCUT2D eigenvalue weighted by Gasteiger charge is 2.27. The minimum atomic E-state index is -3.81. The molecule has 8 nitrogen and oxygen atoms in total. The number of fused-ring (bicyclic) bond motifs is 1. The maximum atomic E-state index is 13.0. The summed E-state index contributed by atoms with van der Waals surface area (Å²) < 4.78 is 33.7. The molecule has 1 aliphatic rings. The molecular weight excluding hydrogens is 402 g/mol. The summed E-state index contributed by atoms with van der Waals surface area (Å²) in [5.74, 6) is 1.64. The smallest absolute Gasteiger partial charge is 0.225 e. The van der Waals surface area contributed by atoms with Gasteiger partial charge in [-0.15, -0.1) is 10.2 Å². The van der Waals surface area contributed by atoms with E-state index in [0.717, 1.165) is 43.9 Å². The highest BCUT2D eigenvalue weighted by molar-refractivity contribution is 7.91. The number of rotatable bonds is 4. The van der Waals surface area contributed by atoms with E-state index in [4.69, 9.17) is 15.5 Å². The van der Waals surface area contributed by atoms with Crippen LogP contribution in [0.1, 0.15) is 39.4 Å². The number of anilines is 1. The predicted octanol–water partition coefficient (Wildman–Crippen LogP) is 2.97. The van der Waals surface area contributed by atoms with E-state index < -0.39 is 9.84 Å². The molecule has 4 rings (SSSR count). The third-order valence-electron chi connectivity index (χ3n) is 5.42. The van der Waals surface area contributed by atoms with Gasteiger partial charge in [-0.25, -0.2) is 13.4 Å². The van der Waals surface area contributed by atoms with Crippen molar-refractivity contribution >= 4 is 26.7 Å². The van der Waals surface area contributed by atoms with Crippen molar-refractivity contribution in [2.45, 2.75) is 55.5 Å². The first-order valence-electron chi connectivity index (χ1n) is 10.1. The zero-order valence-corrected chi connectivity index (χ0v) is 18.3. The first kappa shape index (κ1) is 20.7. The number of nitrogens with two attached hydrogens (primary N) is 1. The Hall–Kier alpha value is -2.52. The normalized spacial score (nSPS) is 16.2. The minimum Gasteiger partial charge on any atom is -0.382 e. The zero-order chi connectivity index (χ0) is 21.5. The third-order valence-corrected chi connectivity index (χ3v) is 7.06. The Morgan fingerprint density at radius 1 is 1.13 bits per heavy atom. The molecule has 1 aromatic carbocycles. The number of aromatic nitrogens is 4. The summed E-state index contributed by atoms with van der Waals surface area (Å²) in [5, 5.41) is 7.28. The SMILES string of the molecule is CC(C)(C)c1nc2cc(S(=O)(=O)c3ccc(N)nn3)ccc2n1CC1CCOCC1. The van der Waals surface area contributed by atoms with Gasteiger partial charge in [0.1, 0.15) is 11.6 Å². The van der Waals surface area contributed by atoms with Crippen LogP contribution in [-0.4, -0.2) is 41.4 Å². The van der Waals surface area contributed by atoms with Gasteiger partial charge in [-0.05, 0) is 49.1 Å². The van der Waals surface area contributed by atoms with Crippen molar-refractivity contribution in [3.8, 4) is 0 Å². The number of ether oxygens (including phenoxy) is 1. The van der Waals surface area contributed by atoms with Crippen molar-refractivity contribution in [2.75, 3.05) is 18.9 Å². The monoisotopic (exact) mass is 429 g/mol. The molecule has 160 valence electrons. The van der Waals surface area contributed by atoms with Gasteiger partial charge in [-0.1, -0.05) is 20.8 Å². The van der Waals surface area contributed by atoms with Crippen LogP contribution >= 0.6 is 0 Å². The lowest BCUT2D eigenvalue weighted by atomic mass is 9.94. The quantitative estimate of drug-likeness (QED) is 0.678. The van der Waals surface area contributed by atoms with Crippen LogP contribution in [0.5, 0.6) is 0 Å². The summed E-state index contributed by atoms with van der Waals surface area (Å²) in [6.07, 6.45) is 2.04. The highest BCUT2D eigenvalue weighted by atomic mass is 32.2. The van der Waals surface area contributed by atoms with E-state index in [1.165, 1.54) is 12.1 Å². The van der Waals surface area contributed by atoms with Crippen molar-refractivity contribution in [3.63, 3.8) is 0 Å². The fourth-order valence-electron chi connectivity index (χ4n) is 3.82. The molecule has 30 heavy (non-hydrogen) atoms. The second-order valence-corrected chi connectivity index (χ2v) is 10.7. The molecule has 0 saturated carbocycles. The second-order valence-electron chi connectivity index (χ2n) is 8.80. The number of sulfone groups is 1. The Labute approximate surface area is 176 Å². The van der Waals surface area contributed by atoms with E-state index in [9.17, 15) is 8.42 Å². The Kier molecular flexibility index (Phi) is 5.27. The molecule has 2 N–H and O–H groups in total. The Bertz CT molecular complexity index is 1160. The van der Waals surface area contributed by atoms with E-state index in [1.54, 1.807) is 12.1 Å². The van der Waals surface area contributed by atoms with Crippen LogP contribution in [0.4, 0.5) is 5.82 Å². The molecule has 0 spiro atoms. The fraction of sp³-hybridized carbons (Fsp3) is 0.476. The molecule has 0 atom stereocenters. The first-order valence-corrected chi connectivity index (χ1v) is 11.6. The van der Waals surface area contributed by atoms with E-state index in [-0.39, 0.29) is 21.2 Å². The summed E-state index contributed by atoms with van der Waals surface area (Å²) in [7, 11) is -3.81. The molecule has 1 aliphatic heterocycles. The van der Waals surface area contributed by atoms with Crippen LogP contribution in [-0.2, 0) is 26.5 Å². The molecule has 9 heteroatoms. The summed E-state index contributed by atoms with van der Waals surface area (Å²) in [6, 6.07) is 7.88. The Morgan fingerprint density at radius 3 is 2.50 bits per heavy atom. The van der Waals surface area contributed by atoms with Gasteiger partial charge in [0.15, 0.2) is 5.03 Å². The maximum absolute atomic E-state index is 13.0. The lowest BCUT2D eigenvalue weighted by molar-refractivity contribution is 0.0611. The van der Waals surface area contributed by atoms with Crippen molar-refractivity contribution in [3.05, 3.63) is 36.2 Å². The van der Waals surface area contributed by atoms with Crippen LogP contribution in [0.2, 0.25) is 0 Å². The summed E-state index contributed by atoms with van der Waals surface area (Å²) in [6.45, 7) is 8.78. The third kappa shape index (κ3) is 3.91. The number of nitrogen functional groups attached to an aromatic ring is 1. The first-order chi connectivity index (χ1) is 14.2. The maximum Gasteiger partial charge on any atom is 0.225 e. The zero-order valence-electron chi connectivity index (χ0n) is 17.5. The van der Waals surface area contributed by atoms with Gasteiger partial charge in [0.05, 0.1) is 15.9 Å². The standard InChI is InChI=1S/C21H27N5O3S/c1-21(2,3)20-23-16-12-15(30(27,28)19-7-6-18(22)24-25-19)4-5-17(16)26(20)13-14-8-10-29-11-9-14/h4-7,12,14H,8-11,13H2,1-3H3,(H2,22,24). The highest BCUT2D eigenvalue weighted by Crippen LogP contribution is 2.31. The number of hydrogen-bond donors (Lipinski definition) is 1. The van der Waals surface area contributed by atoms with Gasteiger partial charge in [0, 0.05) is 25.2 Å². The Morgan fingerprint density at radius 2 is 1.87 bits per heavy atom. The van der Waals surface area contributed by atoms with E-state index in [1.807, 2.05) is 6.07 Å². The molecule has 0 radical (unpaired) electrons. The van der Waals surface area contributed by atoms with Gasteiger partial charge in [-0.2, -0.15) is 0 Å². The van der Waals surface area contributed by atoms with Gasteiger partial charge in [0.2, 0.25) is 9.84 Å². The van der Waals surface area contributed by atoms with Crippen LogP contribution in [0, 0.1) is 5.92 Å². The molecule has 0 aliphatic carbocycles.